The standard InChI is InChI=1S/C38H49F2N3O4/c1-17-18(2)21(5)27-24(19(17)3)26-30(41-27)36(15,25-20(4)22(6)28-29(23(25)7)47-38(39,40)46-28)43-31(44)35(13,14)42(33(8,9)10)32(45)37(43,16)34(26,11)12/h41H,1-16H3/t36-,37+/m1/s1. The summed E-state index contributed by atoms with van der Waals surface area (Å²) in [5, 5.41) is 1.03. The van der Waals surface area contributed by atoms with E-state index in [0.717, 1.165) is 38.9 Å². The minimum absolute atomic E-state index is 0.00801. The minimum Gasteiger partial charge on any atom is -0.395 e. The Balaban J connectivity index is 1.88. The summed E-state index contributed by atoms with van der Waals surface area (Å²) in [6.07, 6.45) is -3.82. The van der Waals surface area contributed by atoms with Crippen molar-refractivity contribution in [2.24, 2.45) is 0 Å². The largest absolute Gasteiger partial charge is 0.586 e. The first kappa shape index (κ1) is 33.3. The number of carbonyl (C=O) groups excluding carboxylic acids is 2. The molecule has 9 heteroatoms. The Kier molecular flexibility index (Phi) is 6.43. The molecule has 3 aromatic rings. The lowest BCUT2D eigenvalue weighted by molar-refractivity contribution is -0.287. The number of aromatic amines is 1. The van der Waals surface area contributed by atoms with Gasteiger partial charge in [0, 0.05) is 27.4 Å². The molecule has 7 nitrogen and oxygen atoms in total. The molecule has 0 radical (unpaired) electrons. The molecule has 0 spiro atoms. The molecular formula is C38H49F2N3O4. The monoisotopic (exact) mass is 649 g/mol. The number of halogens is 2. The molecular weight excluding hydrogens is 600 g/mol. The van der Waals surface area contributed by atoms with Crippen LogP contribution in [0.5, 0.6) is 11.5 Å². The van der Waals surface area contributed by atoms with Crippen LogP contribution in [-0.4, -0.2) is 49.5 Å². The normalized spacial score (nSPS) is 25.8. The van der Waals surface area contributed by atoms with Crippen LogP contribution in [0.15, 0.2) is 0 Å². The van der Waals surface area contributed by atoms with Crippen LogP contribution in [0.1, 0.15) is 118 Å². The van der Waals surface area contributed by atoms with Crippen molar-refractivity contribution in [3.05, 3.63) is 55.8 Å². The van der Waals surface area contributed by atoms with Crippen LogP contribution >= 0.6 is 0 Å². The van der Waals surface area contributed by atoms with Gasteiger partial charge >= 0.3 is 6.29 Å². The van der Waals surface area contributed by atoms with E-state index in [1.54, 1.807) is 37.5 Å². The number of aryl methyl sites for hydroxylation is 2. The van der Waals surface area contributed by atoms with Gasteiger partial charge in [0.05, 0.1) is 5.69 Å². The lowest BCUT2D eigenvalue weighted by atomic mass is 9.56. The van der Waals surface area contributed by atoms with Crippen molar-refractivity contribution in [3.63, 3.8) is 0 Å². The van der Waals surface area contributed by atoms with Crippen LogP contribution in [0.4, 0.5) is 8.78 Å². The van der Waals surface area contributed by atoms with Gasteiger partial charge in [-0.15, -0.1) is 8.78 Å². The van der Waals surface area contributed by atoms with Gasteiger partial charge in [-0.1, -0.05) is 13.8 Å². The molecule has 2 aromatic carbocycles. The molecule has 254 valence electrons. The van der Waals surface area contributed by atoms with Gasteiger partial charge in [-0.3, -0.25) is 9.59 Å². The number of carbonyl (C=O) groups is 2. The number of nitrogens with zero attached hydrogens (tertiary/aromatic N) is 2. The summed E-state index contributed by atoms with van der Waals surface area (Å²) in [5.41, 5.74) is 3.93. The second kappa shape index (κ2) is 9.08. The Morgan fingerprint density at radius 1 is 0.660 bits per heavy atom. The number of benzene rings is 2. The molecule has 6 rings (SSSR count). The van der Waals surface area contributed by atoms with Crippen LogP contribution in [0.2, 0.25) is 0 Å². The van der Waals surface area contributed by atoms with Gasteiger partial charge in [-0.25, -0.2) is 0 Å². The summed E-state index contributed by atoms with van der Waals surface area (Å²) >= 11 is 0. The fraction of sp³-hybridized carbons (Fsp3) is 0.579. The molecule has 3 aliphatic heterocycles. The quantitative estimate of drug-likeness (QED) is 0.288. The lowest BCUT2D eigenvalue weighted by Crippen LogP contribution is -2.84. The molecule has 47 heavy (non-hydrogen) atoms. The average molecular weight is 650 g/mol. The number of alkyl halides is 2. The number of piperazine rings is 1. The number of rotatable bonds is 1. The van der Waals surface area contributed by atoms with E-state index in [1.807, 2.05) is 41.5 Å². The highest BCUT2D eigenvalue weighted by atomic mass is 19.3. The number of nitrogens with one attached hydrogen (secondary N) is 1. The molecule has 3 aliphatic rings. The summed E-state index contributed by atoms with van der Waals surface area (Å²) in [6, 6.07) is 0. The molecule has 1 saturated heterocycles. The molecule has 0 unspecified atom stereocenters. The highest BCUT2D eigenvalue weighted by molar-refractivity contribution is 6.06. The molecule has 2 atom stereocenters. The van der Waals surface area contributed by atoms with Crippen molar-refractivity contribution in [2.45, 2.75) is 145 Å². The summed E-state index contributed by atoms with van der Waals surface area (Å²) in [6.45, 7) is 31.2. The molecule has 0 aliphatic carbocycles. The lowest BCUT2D eigenvalue weighted by Gasteiger charge is -2.68. The first-order valence-electron chi connectivity index (χ1n) is 16.4. The zero-order valence-electron chi connectivity index (χ0n) is 30.8. The van der Waals surface area contributed by atoms with Gasteiger partial charge in [-0.2, -0.15) is 0 Å². The summed E-state index contributed by atoms with van der Waals surface area (Å²) < 4.78 is 39.5. The van der Waals surface area contributed by atoms with E-state index >= 15 is 9.59 Å². The van der Waals surface area contributed by atoms with Crippen molar-refractivity contribution >= 4 is 22.7 Å². The van der Waals surface area contributed by atoms with Gasteiger partial charge < -0.3 is 24.3 Å². The van der Waals surface area contributed by atoms with Crippen molar-refractivity contribution < 1.29 is 27.8 Å². The van der Waals surface area contributed by atoms with Crippen LogP contribution in [0.3, 0.4) is 0 Å². The molecule has 4 heterocycles. The summed E-state index contributed by atoms with van der Waals surface area (Å²) in [7, 11) is 0. The third-order valence-corrected chi connectivity index (χ3v) is 12.4. The zero-order valence-corrected chi connectivity index (χ0v) is 30.8. The average Bonchev–Trinajstić information content (AvgIpc) is 3.51. The predicted octanol–water partition coefficient (Wildman–Crippen LogP) is 8.21. The second-order valence-corrected chi connectivity index (χ2v) is 16.5. The minimum atomic E-state index is -3.82. The van der Waals surface area contributed by atoms with Crippen LogP contribution in [0.25, 0.3) is 10.9 Å². The van der Waals surface area contributed by atoms with Crippen molar-refractivity contribution in [1.82, 2.24) is 14.8 Å². The topological polar surface area (TPSA) is 74.9 Å². The first-order chi connectivity index (χ1) is 21.2. The summed E-state index contributed by atoms with van der Waals surface area (Å²) in [5.74, 6) is -0.451. The number of aromatic nitrogens is 1. The van der Waals surface area contributed by atoms with Gasteiger partial charge in [-0.05, 0) is 141 Å². The smallest absolute Gasteiger partial charge is 0.395 e. The SMILES string of the molecule is Cc1c(C)c([C@]2(C)c3[nH]c4c(C)c(C)c(C)c(C)c4c3C(C)(C)[C@]3(C)C(=O)N(C(C)(C)C)C(C)(C)C(=O)N23)c(C)c2c1OC(F)(F)O2. The maximum absolute atomic E-state index is 15.5. The fourth-order valence-electron chi connectivity index (χ4n) is 9.48. The Labute approximate surface area is 277 Å². The molecule has 2 amide bonds. The maximum Gasteiger partial charge on any atom is 0.586 e. The van der Waals surface area contributed by atoms with Crippen LogP contribution < -0.4 is 9.47 Å². The fourth-order valence-corrected chi connectivity index (χ4v) is 9.48. The summed E-state index contributed by atoms with van der Waals surface area (Å²) in [4.78, 5) is 38.2. The van der Waals surface area contributed by atoms with Gasteiger partial charge in [0.25, 0.3) is 5.91 Å². The van der Waals surface area contributed by atoms with Crippen molar-refractivity contribution in [1.29, 1.82) is 0 Å². The highest BCUT2D eigenvalue weighted by Gasteiger charge is 2.72. The number of amides is 2. The molecule has 0 saturated carbocycles. The van der Waals surface area contributed by atoms with Gasteiger partial charge in [0.15, 0.2) is 11.5 Å². The maximum atomic E-state index is 15.5. The second-order valence-electron chi connectivity index (χ2n) is 16.5. The Bertz CT molecular complexity index is 1960. The van der Waals surface area contributed by atoms with E-state index in [4.69, 9.17) is 9.47 Å². The van der Waals surface area contributed by atoms with Crippen molar-refractivity contribution in [3.8, 4) is 11.5 Å². The third-order valence-electron chi connectivity index (χ3n) is 12.4. The highest BCUT2D eigenvalue weighted by Crippen LogP contribution is 2.63. The number of hydrogen-bond acceptors (Lipinski definition) is 4. The van der Waals surface area contributed by atoms with E-state index in [2.05, 4.69) is 46.5 Å². The number of ether oxygens (including phenoxy) is 2. The van der Waals surface area contributed by atoms with E-state index in [-0.39, 0.29) is 23.3 Å². The number of fused-ring (bicyclic) bond motifs is 5. The third kappa shape index (κ3) is 3.66. The van der Waals surface area contributed by atoms with E-state index in [1.165, 1.54) is 5.56 Å². The Morgan fingerprint density at radius 2 is 1.17 bits per heavy atom. The Morgan fingerprint density at radius 3 is 1.70 bits per heavy atom. The predicted molar refractivity (Wildman–Crippen MR) is 180 cm³/mol. The first-order valence-corrected chi connectivity index (χ1v) is 16.4. The van der Waals surface area contributed by atoms with Crippen molar-refractivity contribution in [2.75, 3.05) is 0 Å². The number of H-pyrrole nitrogens is 1. The number of hydrogen-bond donors (Lipinski definition) is 1. The zero-order chi connectivity index (χ0) is 35.5. The van der Waals surface area contributed by atoms with Crippen LogP contribution in [-0.2, 0) is 20.5 Å². The van der Waals surface area contributed by atoms with Gasteiger partial charge in [0.1, 0.15) is 16.6 Å². The van der Waals surface area contributed by atoms with E-state index in [0.29, 0.717) is 22.3 Å². The molecule has 0 bridgehead atoms. The van der Waals surface area contributed by atoms with Crippen LogP contribution in [0, 0.1) is 48.5 Å². The molecule has 1 aromatic heterocycles. The van der Waals surface area contributed by atoms with Gasteiger partial charge in [0.2, 0.25) is 5.91 Å². The van der Waals surface area contributed by atoms with E-state index in [9.17, 15) is 8.78 Å². The Hall–Kier alpha value is -3.62. The van der Waals surface area contributed by atoms with E-state index < -0.39 is 33.9 Å². The molecule has 1 N–H and O–H groups in total. The molecule has 1 fully saturated rings.